The van der Waals surface area contributed by atoms with Gasteiger partial charge in [-0.25, -0.2) is 15.0 Å². The number of rotatable bonds is 3. The Labute approximate surface area is 117 Å². The van der Waals surface area contributed by atoms with Crippen molar-refractivity contribution in [1.29, 1.82) is 0 Å². The average Bonchev–Trinajstić information content (AvgIpc) is 2.49. The van der Waals surface area contributed by atoms with Crippen LogP contribution in [0.15, 0.2) is 31.0 Å². The number of anilines is 3. The molecular weight excluding hydrogens is 254 g/mol. The molecule has 0 unspecified atom stereocenters. The molecule has 3 heterocycles. The van der Waals surface area contributed by atoms with Crippen molar-refractivity contribution in [2.24, 2.45) is 5.73 Å². The highest BCUT2D eigenvalue weighted by Crippen LogP contribution is 2.20. The Kier molecular flexibility index (Phi) is 3.69. The maximum absolute atomic E-state index is 5.92. The van der Waals surface area contributed by atoms with E-state index >= 15 is 0 Å². The third kappa shape index (κ3) is 3.00. The Hall–Kier alpha value is -2.28. The van der Waals surface area contributed by atoms with Crippen molar-refractivity contribution in [1.82, 2.24) is 19.9 Å². The van der Waals surface area contributed by atoms with Gasteiger partial charge in [-0.15, -0.1) is 0 Å². The van der Waals surface area contributed by atoms with Crippen LogP contribution in [0, 0.1) is 0 Å². The van der Waals surface area contributed by atoms with Gasteiger partial charge >= 0.3 is 0 Å². The van der Waals surface area contributed by atoms with E-state index in [1.807, 2.05) is 6.07 Å². The molecule has 1 aliphatic heterocycles. The van der Waals surface area contributed by atoms with Crippen LogP contribution in [-0.4, -0.2) is 39.1 Å². The molecule has 0 aliphatic carbocycles. The standard InChI is InChI=1S/C13H17N7/c14-10-1-5-20(6-2-10)13-7-11(17-9-18-13)19-12-8-15-3-4-16-12/h3-4,7-10H,1-2,5-6,14H2,(H,16,17,18,19). The van der Waals surface area contributed by atoms with Crippen LogP contribution in [0.4, 0.5) is 17.5 Å². The third-order valence-electron chi connectivity index (χ3n) is 3.34. The summed E-state index contributed by atoms with van der Waals surface area (Å²) in [7, 11) is 0. The Morgan fingerprint density at radius 2 is 1.95 bits per heavy atom. The van der Waals surface area contributed by atoms with E-state index in [9.17, 15) is 0 Å². The summed E-state index contributed by atoms with van der Waals surface area (Å²) in [6.07, 6.45) is 8.47. The molecule has 0 bridgehead atoms. The molecule has 2 aromatic rings. The first kappa shape index (κ1) is 12.7. The second-order valence-electron chi connectivity index (χ2n) is 4.80. The molecule has 0 amide bonds. The summed E-state index contributed by atoms with van der Waals surface area (Å²) in [4.78, 5) is 18.9. The first-order chi connectivity index (χ1) is 9.81. The lowest BCUT2D eigenvalue weighted by Crippen LogP contribution is -2.40. The second-order valence-corrected chi connectivity index (χ2v) is 4.80. The van der Waals surface area contributed by atoms with Crippen molar-refractivity contribution in [3.8, 4) is 0 Å². The fraction of sp³-hybridized carbons (Fsp3) is 0.385. The molecule has 0 spiro atoms. The zero-order valence-corrected chi connectivity index (χ0v) is 11.1. The smallest absolute Gasteiger partial charge is 0.150 e. The van der Waals surface area contributed by atoms with Crippen LogP contribution in [0.5, 0.6) is 0 Å². The zero-order valence-electron chi connectivity index (χ0n) is 11.1. The Balaban J connectivity index is 1.73. The van der Waals surface area contributed by atoms with Gasteiger partial charge in [0.1, 0.15) is 23.8 Å². The summed E-state index contributed by atoms with van der Waals surface area (Å²) in [6.45, 7) is 1.87. The largest absolute Gasteiger partial charge is 0.356 e. The summed E-state index contributed by atoms with van der Waals surface area (Å²) in [5.41, 5.74) is 5.92. The minimum atomic E-state index is 0.310. The van der Waals surface area contributed by atoms with Gasteiger partial charge in [-0.05, 0) is 12.8 Å². The summed E-state index contributed by atoms with van der Waals surface area (Å²) >= 11 is 0. The molecule has 2 aromatic heterocycles. The van der Waals surface area contributed by atoms with Crippen molar-refractivity contribution in [3.63, 3.8) is 0 Å². The number of nitrogens with one attached hydrogen (secondary N) is 1. The molecule has 7 nitrogen and oxygen atoms in total. The molecule has 3 rings (SSSR count). The van der Waals surface area contributed by atoms with Gasteiger partial charge in [-0.2, -0.15) is 0 Å². The van der Waals surface area contributed by atoms with Crippen LogP contribution < -0.4 is 16.0 Å². The average molecular weight is 271 g/mol. The number of nitrogens with zero attached hydrogens (tertiary/aromatic N) is 5. The first-order valence-corrected chi connectivity index (χ1v) is 6.67. The number of piperidine rings is 1. The molecule has 1 saturated heterocycles. The molecule has 1 fully saturated rings. The minimum Gasteiger partial charge on any atom is -0.356 e. The van der Waals surface area contributed by atoms with Crippen molar-refractivity contribution in [2.45, 2.75) is 18.9 Å². The number of hydrogen-bond acceptors (Lipinski definition) is 7. The van der Waals surface area contributed by atoms with Crippen molar-refractivity contribution in [2.75, 3.05) is 23.3 Å². The van der Waals surface area contributed by atoms with Gasteiger partial charge in [0.2, 0.25) is 0 Å². The lowest BCUT2D eigenvalue weighted by Gasteiger charge is -2.31. The first-order valence-electron chi connectivity index (χ1n) is 6.67. The van der Waals surface area contributed by atoms with Gasteiger partial charge in [0.25, 0.3) is 0 Å². The van der Waals surface area contributed by atoms with E-state index in [1.54, 1.807) is 24.9 Å². The number of hydrogen-bond donors (Lipinski definition) is 2. The monoisotopic (exact) mass is 271 g/mol. The third-order valence-corrected chi connectivity index (χ3v) is 3.34. The van der Waals surface area contributed by atoms with E-state index < -0.39 is 0 Å². The van der Waals surface area contributed by atoms with Gasteiger partial charge in [-0.1, -0.05) is 0 Å². The van der Waals surface area contributed by atoms with Gasteiger partial charge in [0.15, 0.2) is 0 Å². The number of nitrogens with two attached hydrogens (primary N) is 1. The van der Waals surface area contributed by atoms with Gasteiger partial charge in [-0.3, -0.25) is 4.98 Å². The van der Waals surface area contributed by atoms with Crippen LogP contribution in [0.2, 0.25) is 0 Å². The minimum absolute atomic E-state index is 0.310. The molecule has 0 radical (unpaired) electrons. The normalized spacial score (nSPS) is 16.1. The summed E-state index contributed by atoms with van der Waals surface area (Å²) in [5.74, 6) is 2.29. The Morgan fingerprint density at radius 3 is 2.70 bits per heavy atom. The maximum Gasteiger partial charge on any atom is 0.150 e. The molecule has 7 heteroatoms. The fourth-order valence-electron chi connectivity index (χ4n) is 2.21. The topological polar surface area (TPSA) is 92.8 Å². The highest BCUT2D eigenvalue weighted by Gasteiger charge is 2.17. The molecule has 0 atom stereocenters. The highest BCUT2D eigenvalue weighted by atomic mass is 15.2. The molecule has 3 N–H and O–H groups in total. The molecule has 104 valence electrons. The molecule has 0 aromatic carbocycles. The van der Waals surface area contributed by atoms with Crippen molar-refractivity contribution < 1.29 is 0 Å². The molecule has 0 saturated carbocycles. The quantitative estimate of drug-likeness (QED) is 0.858. The van der Waals surface area contributed by atoms with Crippen LogP contribution in [0.25, 0.3) is 0 Å². The maximum atomic E-state index is 5.92. The van der Waals surface area contributed by atoms with Crippen molar-refractivity contribution >= 4 is 17.5 Å². The zero-order chi connectivity index (χ0) is 13.8. The molecule has 1 aliphatic rings. The lowest BCUT2D eigenvalue weighted by molar-refractivity contribution is 0.498. The fourth-order valence-corrected chi connectivity index (χ4v) is 2.21. The second kappa shape index (κ2) is 5.79. The van der Waals surface area contributed by atoms with E-state index in [-0.39, 0.29) is 0 Å². The van der Waals surface area contributed by atoms with Gasteiger partial charge < -0.3 is 16.0 Å². The van der Waals surface area contributed by atoms with Gasteiger partial charge in [0.05, 0.1) is 6.20 Å². The van der Waals surface area contributed by atoms with Crippen LogP contribution >= 0.6 is 0 Å². The molecular formula is C13H17N7. The predicted molar refractivity (Wildman–Crippen MR) is 76.8 cm³/mol. The summed E-state index contributed by atoms with van der Waals surface area (Å²) < 4.78 is 0. The predicted octanol–water partition coefficient (Wildman–Crippen LogP) is 0.938. The Bertz CT molecular complexity index is 552. The van der Waals surface area contributed by atoms with Gasteiger partial charge in [0, 0.05) is 37.6 Å². The SMILES string of the molecule is NC1CCN(c2cc(Nc3cnccn3)ncn2)CC1. The lowest BCUT2D eigenvalue weighted by atomic mass is 10.1. The van der Waals surface area contributed by atoms with Crippen LogP contribution in [0.1, 0.15) is 12.8 Å². The molecule has 20 heavy (non-hydrogen) atoms. The van der Waals surface area contributed by atoms with Crippen LogP contribution in [0.3, 0.4) is 0 Å². The summed E-state index contributed by atoms with van der Waals surface area (Å²) in [5, 5.41) is 3.12. The van der Waals surface area contributed by atoms with E-state index in [1.165, 1.54) is 0 Å². The van der Waals surface area contributed by atoms with Crippen molar-refractivity contribution in [3.05, 3.63) is 31.0 Å². The summed E-state index contributed by atoms with van der Waals surface area (Å²) in [6, 6.07) is 2.23. The van der Waals surface area contributed by atoms with E-state index in [4.69, 9.17) is 5.73 Å². The van der Waals surface area contributed by atoms with E-state index in [2.05, 4.69) is 30.2 Å². The Morgan fingerprint density at radius 1 is 1.10 bits per heavy atom. The highest BCUT2D eigenvalue weighted by molar-refractivity contribution is 5.55. The van der Waals surface area contributed by atoms with E-state index in [0.29, 0.717) is 17.7 Å². The van der Waals surface area contributed by atoms with Crippen LogP contribution in [-0.2, 0) is 0 Å². The van der Waals surface area contributed by atoms with E-state index in [0.717, 1.165) is 31.7 Å². The number of aromatic nitrogens is 4.